The summed E-state index contributed by atoms with van der Waals surface area (Å²) in [5, 5.41) is 10.2. The van der Waals surface area contributed by atoms with Gasteiger partial charge in [-0.2, -0.15) is 5.26 Å². The van der Waals surface area contributed by atoms with Crippen molar-refractivity contribution in [2.75, 3.05) is 6.61 Å². The Balaban J connectivity index is 2.52. The van der Waals surface area contributed by atoms with Gasteiger partial charge in [-0.15, -0.1) is 0 Å². The SMILES string of the molecule is CCOC(=O)/C(C#N)=C/c1cc2cc(C)ccc2nc1Cl. The van der Waals surface area contributed by atoms with Crippen LogP contribution in [0.2, 0.25) is 5.15 Å². The zero-order valence-corrected chi connectivity index (χ0v) is 12.4. The van der Waals surface area contributed by atoms with Crippen LogP contribution in [-0.4, -0.2) is 17.6 Å². The number of carbonyl (C=O) groups is 1. The van der Waals surface area contributed by atoms with Gasteiger partial charge >= 0.3 is 5.97 Å². The molecule has 0 radical (unpaired) electrons. The normalized spacial score (nSPS) is 11.2. The number of hydrogen-bond acceptors (Lipinski definition) is 4. The number of rotatable bonds is 3. The molecule has 1 aromatic carbocycles. The van der Waals surface area contributed by atoms with Crippen LogP contribution < -0.4 is 0 Å². The molecule has 0 unspecified atom stereocenters. The third-order valence-corrected chi connectivity index (χ3v) is 3.17. The van der Waals surface area contributed by atoms with Crippen molar-refractivity contribution < 1.29 is 9.53 Å². The van der Waals surface area contributed by atoms with Crippen LogP contribution in [0.25, 0.3) is 17.0 Å². The fourth-order valence-electron chi connectivity index (χ4n) is 1.89. The lowest BCUT2D eigenvalue weighted by Gasteiger charge is -2.04. The summed E-state index contributed by atoms with van der Waals surface area (Å²) in [6.45, 7) is 3.86. The molecule has 5 heteroatoms. The third kappa shape index (κ3) is 3.39. The number of aromatic nitrogens is 1. The molecule has 0 fully saturated rings. The predicted octanol–water partition coefficient (Wildman–Crippen LogP) is 3.67. The summed E-state index contributed by atoms with van der Waals surface area (Å²) in [6, 6.07) is 9.41. The molecule has 0 aliphatic heterocycles. The molecule has 0 N–H and O–H groups in total. The van der Waals surface area contributed by atoms with Gasteiger partial charge in [0.1, 0.15) is 16.8 Å². The van der Waals surface area contributed by atoms with E-state index in [4.69, 9.17) is 21.6 Å². The molecule has 0 bridgehead atoms. The average Bonchev–Trinajstić information content (AvgIpc) is 2.45. The fraction of sp³-hybridized carbons (Fsp3) is 0.188. The van der Waals surface area contributed by atoms with Gasteiger partial charge in [0.2, 0.25) is 0 Å². The minimum absolute atomic E-state index is 0.104. The van der Waals surface area contributed by atoms with Crippen molar-refractivity contribution >= 4 is 34.5 Å². The molecule has 0 saturated heterocycles. The topological polar surface area (TPSA) is 63.0 Å². The Morgan fingerprint density at radius 1 is 1.48 bits per heavy atom. The second-order valence-corrected chi connectivity index (χ2v) is 4.81. The number of benzene rings is 1. The summed E-state index contributed by atoms with van der Waals surface area (Å²) in [7, 11) is 0. The molecule has 2 aromatic rings. The first-order valence-corrected chi connectivity index (χ1v) is 6.78. The first-order chi connectivity index (χ1) is 10.0. The van der Waals surface area contributed by atoms with Crippen LogP contribution in [0.1, 0.15) is 18.1 Å². The molecule has 1 aromatic heterocycles. The van der Waals surface area contributed by atoms with Crippen molar-refractivity contribution in [3.63, 3.8) is 0 Å². The van der Waals surface area contributed by atoms with Crippen LogP contribution in [0.15, 0.2) is 29.8 Å². The van der Waals surface area contributed by atoms with E-state index in [9.17, 15) is 4.79 Å². The Hall–Kier alpha value is -2.38. The largest absolute Gasteiger partial charge is 0.462 e. The monoisotopic (exact) mass is 300 g/mol. The van der Waals surface area contributed by atoms with Crippen LogP contribution in [0.5, 0.6) is 0 Å². The van der Waals surface area contributed by atoms with Crippen molar-refractivity contribution in [3.05, 3.63) is 46.1 Å². The average molecular weight is 301 g/mol. The van der Waals surface area contributed by atoms with E-state index in [1.807, 2.05) is 31.2 Å². The number of aryl methyl sites for hydroxylation is 1. The molecule has 0 amide bonds. The van der Waals surface area contributed by atoms with Crippen LogP contribution in [0.3, 0.4) is 0 Å². The van der Waals surface area contributed by atoms with E-state index < -0.39 is 5.97 Å². The Bertz CT molecular complexity index is 776. The van der Waals surface area contributed by atoms with E-state index in [0.29, 0.717) is 5.56 Å². The molecular weight excluding hydrogens is 288 g/mol. The van der Waals surface area contributed by atoms with Crippen LogP contribution in [-0.2, 0) is 9.53 Å². The first kappa shape index (κ1) is 15.0. The molecule has 4 nitrogen and oxygen atoms in total. The number of nitrogens with zero attached hydrogens (tertiary/aromatic N) is 2. The number of hydrogen-bond donors (Lipinski definition) is 0. The Kier molecular flexibility index (Phi) is 4.56. The molecule has 0 atom stereocenters. The summed E-state index contributed by atoms with van der Waals surface area (Å²) in [4.78, 5) is 15.9. The Morgan fingerprint density at radius 3 is 2.90 bits per heavy atom. The predicted molar refractivity (Wildman–Crippen MR) is 81.7 cm³/mol. The standard InChI is InChI=1S/C16H13ClN2O2/c1-3-21-16(20)13(9-18)8-12-7-11-6-10(2)4-5-14(11)19-15(12)17/h4-8H,3H2,1-2H3/b13-8+. The third-order valence-electron chi connectivity index (χ3n) is 2.87. The molecular formula is C16H13ClN2O2. The van der Waals surface area contributed by atoms with Gasteiger partial charge in [0.25, 0.3) is 0 Å². The molecule has 21 heavy (non-hydrogen) atoms. The molecule has 1 heterocycles. The van der Waals surface area contributed by atoms with Gasteiger partial charge in [0.05, 0.1) is 12.1 Å². The molecule has 0 spiro atoms. The van der Waals surface area contributed by atoms with Crippen molar-refractivity contribution in [3.8, 4) is 6.07 Å². The second-order valence-electron chi connectivity index (χ2n) is 4.45. The van der Waals surface area contributed by atoms with E-state index >= 15 is 0 Å². The van der Waals surface area contributed by atoms with Gasteiger partial charge in [0, 0.05) is 10.9 Å². The minimum Gasteiger partial charge on any atom is -0.462 e. The lowest BCUT2D eigenvalue weighted by atomic mass is 10.1. The van der Waals surface area contributed by atoms with Crippen LogP contribution in [0.4, 0.5) is 0 Å². The van der Waals surface area contributed by atoms with E-state index in [1.165, 1.54) is 6.08 Å². The highest BCUT2D eigenvalue weighted by atomic mass is 35.5. The number of fused-ring (bicyclic) bond motifs is 1. The summed E-state index contributed by atoms with van der Waals surface area (Å²) in [6.07, 6.45) is 1.40. The number of esters is 1. The minimum atomic E-state index is -0.666. The summed E-state index contributed by atoms with van der Waals surface area (Å²) in [5.41, 5.74) is 2.26. The summed E-state index contributed by atoms with van der Waals surface area (Å²) >= 11 is 6.11. The van der Waals surface area contributed by atoms with Gasteiger partial charge in [-0.05, 0) is 38.1 Å². The van der Waals surface area contributed by atoms with E-state index in [-0.39, 0.29) is 17.3 Å². The smallest absolute Gasteiger partial charge is 0.348 e. The van der Waals surface area contributed by atoms with Gasteiger partial charge < -0.3 is 4.74 Å². The fourth-order valence-corrected chi connectivity index (χ4v) is 2.09. The zero-order chi connectivity index (χ0) is 15.4. The van der Waals surface area contributed by atoms with E-state index in [1.54, 1.807) is 13.0 Å². The molecule has 0 aliphatic rings. The van der Waals surface area contributed by atoms with Crippen LogP contribution >= 0.6 is 11.6 Å². The quantitative estimate of drug-likeness (QED) is 0.375. The lowest BCUT2D eigenvalue weighted by Crippen LogP contribution is -2.06. The van der Waals surface area contributed by atoms with Gasteiger partial charge in [-0.25, -0.2) is 9.78 Å². The zero-order valence-electron chi connectivity index (χ0n) is 11.7. The van der Waals surface area contributed by atoms with Crippen molar-refractivity contribution in [1.82, 2.24) is 4.98 Å². The number of halogens is 1. The van der Waals surface area contributed by atoms with E-state index in [0.717, 1.165) is 16.5 Å². The number of ether oxygens (including phenoxy) is 1. The second kappa shape index (κ2) is 6.38. The number of nitriles is 1. The van der Waals surface area contributed by atoms with Crippen LogP contribution in [0, 0.1) is 18.3 Å². The van der Waals surface area contributed by atoms with Gasteiger partial charge in [0.15, 0.2) is 0 Å². The maximum atomic E-state index is 11.6. The van der Waals surface area contributed by atoms with Crippen molar-refractivity contribution in [2.24, 2.45) is 0 Å². The lowest BCUT2D eigenvalue weighted by molar-refractivity contribution is -0.137. The molecule has 2 rings (SSSR count). The highest BCUT2D eigenvalue weighted by molar-refractivity contribution is 6.31. The van der Waals surface area contributed by atoms with Gasteiger partial charge in [-0.3, -0.25) is 0 Å². The van der Waals surface area contributed by atoms with Gasteiger partial charge in [-0.1, -0.05) is 23.2 Å². The maximum absolute atomic E-state index is 11.6. The van der Waals surface area contributed by atoms with Crippen molar-refractivity contribution in [1.29, 1.82) is 5.26 Å². The maximum Gasteiger partial charge on any atom is 0.348 e. The molecule has 106 valence electrons. The number of pyridine rings is 1. The first-order valence-electron chi connectivity index (χ1n) is 6.41. The summed E-state index contributed by atoms with van der Waals surface area (Å²) < 4.78 is 4.82. The van der Waals surface area contributed by atoms with E-state index in [2.05, 4.69) is 4.98 Å². The molecule has 0 saturated carbocycles. The van der Waals surface area contributed by atoms with Crippen molar-refractivity contribution in [2.45, 2.75) is 13.8 Å². The Labute approximate surface area is 127 Å². The number of carbonyl (C=O) groups excluding carboxylic acids is 1. The highest BCUT2D eigenvalue weighted by Gasteiger charge is 2.12. The highest BCUT2D eigenvalue weighted by Crippen LogP contribution is 2.23. The summed E-state index contributed by atoms with van der Waals surface area (Å²) in [5.74, 6) is -0.666. The molecule has 0 aliphatic carbocycles. The Morgan fingerprint density at radius 2 is 2.24 bits per heavy atom.